The summed E-state index contributed by atoms with van der Waals surface area (Å²) in [5.41, 5.74) is 1.72. The van der Waals surface area contributed by atoms with E-state index in [-0.39, 0.29) is 17.2 Å². The molecule has 0 unspecified atom stereocenters. The molecule has 0 saturated carbocycles. The van der Waals surface area contributed by atoms with Crippen LogP contribution < -0.4 is 14.2 Å². The minimum atomic E-state index is -3.76. The lowest BCUT2D eigenvalue weighted by molar-refractivity contribution is 0.392. The molecule has 0 radical (unpaired) electrons. The van der Waals surface area contributed by atoms with E-state index >= 15 is 0 Å². The smallest absolute Gasteiger partial charge is 0.244 e. The van der Waals surface area contributed by atoms with Crippen molar-refractivity contribution in [2.75, 3.05) is 14.2 Å². The Balaban J connectivity index is 1.76. The maximum Gasteiger partial charge on any atom is 0.244 e. The fraction of sp³-hybridized carbons (Fsp3) is 0.167. The van der Waals surface area contributed by atoms with Crippen molar-refractivity contribution in [3.8, 4) is 17.2 Å². The van der Waals surface area contributed by atoms with E-state index in [2.05, 4.69) is 9.82 Å². The Bertz CT molecular complexity index is 968. The zero-order valence-corrected chi connectivity index (χ0v) is 15.2. The largest absolute Gasteiger partial charge is 0.497 e. The number of benzene rings is 2. The SMILES string of the molecule is COc1ccc(OC)c(S(=O)(=O)NCc2ccc(-n3cccn3)cc2)c1. The second-order valence-electron chi connectivity index (χ2n) is 5.46. The summed E-state index contributed by atoms with van der Waals surface area (Å²) in [4.78, 5) is 0.0347. The van der Waals surface area contributed by atoms with E-state index in [1.54, 1.807) is 23.0 Å². The van der Waals surface area contributed by atoms with E-state index < -0.39 is 10.0 Å². The van der Waals surface area contributed by atoms with Gasteiger partial charge in [0.1, 0.15) is 16.4 Å². The van der Waals surface area contributed by atoms with Gasteiger partial charge in [-0.25, -0.2) is 17.8 Å². The van der Waals surface area contributed by atoms with Gasteiger partial charge in [0.15, 0.2) is 0 Å². The molecule has 0 atom stereocenters. The molecule has 0 fully saturated rings. The highest BCUT2D eigenvalue weighted by atomic mass is 32.2. The first-order valence-corrected chi connectivity index (χ1v) is 9.32. The molecule has 0 bridgehead atoms. The third kappa shape index (κ3) is 3.87. The maximum atomic E-state index is 12.6. The molecule has 1 heterocycles. The van der Waals surface area contributed by atoms with Gasteiger partial charge >= 0.3 is 0 Å². The van der Waals surface area contributed by atoms with Crippen LogP contribution in [0.3, 0.4) is 0 Å². The number of nitrogens with zero attached hydrogens (tertiary/aromatic N) is 2. The lowest BCUT2D eigenvalue weighted by Crippen LogP contribution is -2.23. The molecule has 3 aromatic rings. The van der Waals surface area contributed by atoms with Gasteiger partial charge in [-0.3, -0.25) is 0 Å². The van der Waals surface area contributed by atoms with Crippen LogP contribution in [-0.4, -0.2) is 32.4 Å². The zero-order chi connectivity index (χ0) is 18.6. The van der Waals surface area contributed by atoms with Crippen molar-refractivity contribution < 1.29 is 17.9 Å². The Morgan fingerprint density at radius 3 is 2.46 bits per heavy atom. The van der Waals surface area contributed by atoms with Crippen molar-refractivity contribution >= 4 is 10.0 Å². The first-order chi connectivity index (χ1) is 12.5. The molecule has 3 rings (SSSR count). The van der Waals surface area contributed by atoms with E-state index in [0.717, 1.165) is 11.3 Å². The highest BCUT2D eigenvalue weighted by molar-refractivity contribution is 7.89. The minimum absolute atomic E-state index is 0.0347. The highest BCUT2D eigenvalue weighted by Crippen LogP contribution is 2.28. The first-order valence-electron chi connectivity index (χ1n) is 7.84. The van der Waals surface area contributed by atoms with Crippen molar-refractivity contribution in [1.29, 1.82) is 0 Å². The van der Waals surface area contributed by atoms with E-state index in [4.69, 9.17) is 9.47 Å². The summed E-state index contributed by atoms with van der Waals surface area (Å²) in [6.07, 6.45) is 3.54. The van der Waals surface area contributed by atoms with Crippen molar-refractivity contribution in [3.63, 3.8) is 0 Å². The lowest BCUT2D eigenvalue weighted by atomic mass is 10.2. The van der Waals surface area contributed by atoms with Crippen molar-refractivity contribution in [2.45, 2.75) is 11.4 Å². The van der Waals surface area contributed by atoms with Gasteiger partial charge in [0.25, 0.3) is 0 Å². The number of ether oxygens (including phenoxy) is 2. The van der Waals surface area contributed by atoms with Gasteiger partial charge in [0.2, 0.25) is 10.0 Å². The van der Waals surface area contributed by atoms with E-state index in [9.17, 15) is 8.42 Å². The Kier molecular flexibility index (Phi) is 5.24. The fourth-order valence-electron chi connectivity index (χ4n) is 2.44. The summed E-state index contributed by atoms with van der Waals surface area (Å²) in [7, 11) is -0.855. The standard InChI is InChI=1S/C18H19N3O4S/c1-24-16-8-9-17(25-2)18(12-16)26(22,23)20-13-14-4-6-15(7-5-14)21-11-3-10-19-21/h3-12,20H,13H2,1-2H3. The summed E-state index contributed by atoms with van der Waals surface area (Å²) in [6, 6.07) is 13.9. The molecular weight excluding hydrogens is 354 g/mol. The van der Waals surface area contributed by atoms with Crippen molar-refractivity contribution in [2.24, 2.45) is 0 Å². The van der Waals surface area contributed by atoms with Gasteiger partial charge in [-0.15, -0.1) is 0 Å². The molecule has 8 heteroatoms. The normalized spacial score (nSPS) is 11.3. The molecule has 0 aliphatic carbocycles. The Labute approximate surface area is 152 Å². The van der Waals surface area contributed by atoms with Crippen LogP contribution in [0.15, 0.2) is 65.8 Å². The van der Waals surface area contributed by atoms with Gasteiger partial charge in [0, 0.05) is 25.0 Å². The molecule has 1 N–H and O–H groups in total. The summed E-state index contributed by atoms with van der Waals surface area (Å²) >= 11 is 0. The van der Waals surface area contributed by atoms with E-state index in [1.807, 2.05) is 36.5 Å². The van der Waals surface area contributed by atoms with Gasteiger partial charge in [0.05, 0.1) is 19.9 Å². The van der Waals surface area contributed by atoms with E-state index in [0.29, 0.717) is 5.75 Å². The Morgan fingerprint density at radius 2 is 1.85 bits per heavy atom. The van der Waals surface area contributed by atoms with Crippen molar-refractivity contribution in [1.82, 2.24) is 14.5 Å². The number of rotatable bonds is 7. The average molecular weight is 373 g/mol. The van der Waals surface area contributed by atoms with Crippen LogP contribution in [0.25, 0.3) is 5.69 Å². The molecule has 0 aliphatic rings. The van der Waals surface area contributed by atoms with Crippen LogP contribution in [-0.2, 0) is 16.6 Å². The number of hydrogen-bond acceptors (Lipinski definition) is 5. The monoisotopic (exact) mass is 373 g/mol. The van der Waals surface area contributed by atoms with Crippen LogP contribution in [0.5, 0.6) is 11.5 Å². The molecular formula is C18H19N3O4S. The summed E-state index contributed by atoms with van der Waals surface area (Å²) in [5, 5.41) is 4.16. The fourth-order valence-corrected chi connectivity index (χ4v) is 3.64. The predicted octanol–water partition coefficient (Wildman–Crippen LogP) is 2.37. The molecule has 1 aromatic heterocycles. The third-order valence-corrected chi connectivity index (χ3v) is 5.25. The van der Waals surface area contributed by atoms with Crippen LogP contribution in [0, 0.1) is 0 Å². The second kappa shape index (κ2) is 7.59. The zero-order valence-electron chi connectivity index (χ0n) is 14.4. The van der Waals surface area contributed by atoms with Crippen LogP contribution in [0.1, 0.15) is 5.56 Å². The van der Waals surface area contributed by atoms with Gasteiger partial charge in [-0.1, -0.05) is 12.1 Å². The molecule has 0 aliphatic heterocycles. The van der Waals surface area contributed by atoms with Crippen LogP contribution in [0.2, 0.25) is 0 Å². The molecule has 0 saturated heterocycles. The summed E-state index contributed by atoms with van der Waals surface area (Å²) in [5.74, 6) is 0.696. The maximum absolute atomic E-state index is 12.6. The average Bonchev–Trinajstić information content (AvgIpc) is 3.21. The molecule has 7 nitrogen and oxygen atoms in total. The molecule has 26 heavy (non-hydrogen) atoms. The second-order valence-corrected chi connectivity index (χ2v) is 7.19. The Morgan fingerprint density at radius 1 is 1.08 bits per heavy atom. The van der Waals surface area contributed by atoms with Gasteiger partial charge in [-0.05, 0) is 35.9 Å². The van der Waals surface area contributed by atoms with Crippen molar-refractivity contribution in [3.05, 3.63) is 66.5 Å². The number of methoxy groups -OCH3 is 2. The number of hydrogen-bond donors (Lipinski definition) is 1. The summed E-state index contributed by atoms with van der Waals surface area (Å²) < 4.78 is 39.9. The first kappa shape index (κ1) is 18.0. The predicted molar refractivity (Wildman–Crippen MR) is 97.1 cm³/mol. The minimum Gasteiger partial charge on any atom is -0.497 e. The topological polar surface area (TPSA) is 82.5 Å². The molecule has 0 amide bonds. The number of aromatic nitrogens is 2. The van der Waals surface area contributed by atoms with Crippen LogP contribution in [0.4, 0.5) is 0 Å². The number of sulfonamides is 1. The third-order valence-electron chi connectivity index (χ3n) is 3.83. The number of nitrogens with one attached hydrogen (secondary N) is 1. The van der Waals surface area contributed by atoms with Crippen LogP contribution >= 0.6 is 0 Å². The Hall–Kier alpha value is -2.84. The lowest BCUT2D eigenvalue weighted by Gasteiger charge is -2.12. The molecule has 136 valence electrons. The molecule has 2 aromatic carbocycles. The molecule has 0 spiro atoms. The highest BCUT2D eigenvalue weighted by Gasteiger charge is 2.20. The van der Waals surface area contributed by atoms with E-state index in [1.165, 1.54) is 20.3 Å². The van der Waals surface area contributed by atoms with Gasteiger partial charge < -0.3 is 9.47 Å². The van der Waals surface area contributed by atoms with Gasteiger partial charge in [-0.2, -0.15) is 5.10 Å². The quantitative estimate of drug-likeness (QED) is 0.687. The summed E-state index contributed by atoms with van der Waals surface area (Å²) in [6.45, 7) is 0.155.